The second-order valence-corrected chi connectivity index (χ2v) is 18.6. The van der Waals surface area contributed by atoms with Crippen molar-refractivity contribution in [1.29, 1.82) is 0 Å². The molecule has 0 radical (unpaired) electrons. The maximum absolute atomic E-state index is 12.5. The normalized spacial score (nSPS) is 19.8. The number of hydrogen-bond acceptors (Lipinski definition) is 9. The lowest BCUT2D eigenvalue weighted by Gasteiger charge is -2.41. The third-order valence-electron chi connectivity index (χ3n) is 11.9. The van der Waals surface area contributed by atoms with E-state index >= 15 is 0 Å². The van der Waals surface area contributed by atoms with Gasteiger partial charge in [0.2, 0.25) is 0 Å². The molecule has 340 valence electrons. The topological polar surface area (TPSA) is 92.8 Å². The van der Waals surface area contributed by atoms with Gasteiger partial charge in [0.1, 0.15) is 30.3 Å². The SMILES string of the molecule is CC(C)(C)OC(=O)N1CCC(N2Cc3ccccc3OCC2Cc2ccc(Cl)cc2)CC1.CCOC(C)=O.Clc1ccc(CC2COc3ccccc3CN2C2CCNCC2)cc1. The first-order chi connectivity index (χ1) is 30.3. The number of esters is 1. The van der Waals surface area contributed by atoms with Crippen LogP contribution in [0.2, 0.25) is 10.0 Å². The maximum atomic E-state index is 12.5. The first-order valence-corrected chi connectivity index (χ1v) is 23.3. The number of rotatable bonds is 7. The number of fused-ring (bicyclic) bond motifs is 2. The molecule has 4 heterocycles. The van der Waals surface area contributed by atoms with Crippen molar-refractivity contribution in [3.05, 3.63) is 129 Å². The van der Waals surface area contributed by atoms with Gasteiger partial charge < -0.3 is 29.2 Å². The summed E-state index contributed by atoms with van der Waals surface area (Å²) in [5.74, 6) is 1.81. The summed E-state index contributed by atoms with van der Waals surface area (Å²) < 4.78 is 22.4. The van der Waals surface area contributed by atoms with Gasteiger partial charge in [0.25, 0.3) is 0 Å². The zero-order valence-electron chi connectivity index (χ0n) is 37.7. The number of likely N-dealkylation sites (tertiary alicyclic amines) is 1. The van der Waals surface area contributed by atoms with E-state index in [0.717, 1.165) is 80.0 Å². The summed E-state index contributed by atoms with van der Waals surface area (Å²) in [6.07, 6.45) is 5.96. The molecule has 4 aromatic rings. The Labute approximate surface area is 385 Å². The van der Waals surface area contributed by atoms with Gasteiger partial charge in [0.15, 0.2) is 0 Å². The average molecular weight is 902 g/mol. The lowest BCUT2D eigenvalue weighted by Crippen LogP contribution is -2.51. The van der Waals surface area contributed by atoms with Crippen LogP contribution in [-0.4, -0.2) is 103 Å². The molecule has 0 aromatic heterocycles. The largest absolute Gasteiger partial charge is 0.492 e. The number of para-hydroxylation sites is 2. The van der Waals surface area contributed by atoms with Crippen LogP contribution < -0.4 is 14.8 Å². The third kappa shape index (κ3) is 14.9. The first kappa shape index (κ1) is 48.1. The zero-order valence-corrected chi connectivity index (χ0v) is 39.2. The second kappa shape index (κ2) is 23.6. The number of nitrogens with zero attached hydrogens (tertiary/aromatic N) is 3. The number of halogens is 2. The standard InChI is InChI=1S/C26H33ClN2O3.C21H25ClN2O.C4H8O2/c1-26(2,3)32-25(30)28-14-12-22(13-15-28)29-17-20-6-4-5-7-24(20)31-18-23(29)16-19-8-10-21(27)11-9-19;22-18-7-5-16(6-8-18)13-20-15-25-21-4-2-1-3-17(21)14-24(20)19-9-11-23-12-10-19;1-3-6-4(2)5/h4-11,22-23H,12-18H2,1-3H3;1-8,19-20,23H,9-15H2;3H2,1-2H3. The van der Waals surface area contributed by atoms with Crippen LogP contribution in [-0.2, 0) is 40.2 Å². The molecule has 1 N–H and O–H groups in total. The van der Waals surface area contributed by atoms with Crippen LogP contribution >= 0.6 is 23.2 Å². The summed E-state index contributed by atoms with van der Waals surface area (Å²) >= 11 is 12.1. The van der Waals surface area contributed by atoms with Gasteiger partial charge in [-0.2, -0.15) is 0 Å². The van der Waals surface area contributed by atoms with Crippen molar-refractivity contribution in [2.45, 2.75) is 116 Å². The molecule has 8 rings (SSSR count). The minimum Gasteiger partial charge on any atom is -0.492 e. The minimum absolute atomic E-state index is 0.210. The van der Waals surface area contributed by atoms with Crippen LogP contribution in [0.5, 0.6) is 11.5 Å². The molecule has 4 aliphatic heterocycles. The van der Waals surface area contributed by atoms with Gasteiger partial charge in [0.05, 0.1) is 6.61 Å². The van der Waals surface area contributed by atoms with E-state index < -0.39 is 5.60 Å². The van der Waals surface area contributed by atoms with Crippen molar-refractivity contribution in [3.63, 3.8) is 0 Å². The molecule has 2 fully saturated rings. The lowest BCUT2D eigenvalue weighted by molar-refractivity contribution is -0.140. The molecule has 10 nitrogen and oxygen atoms in total. The van der Waals surface area contributed by atoms with Gasteiger partial charge in [0, 0.05) is 78.4 Å². The Balaban J connectivity index is 0.000000190. The Morgan fingerprint density at radius 2 is 1.13 bits per heavy atom. The van der Waals surface area contributed by atoms with Gasteiger partial charge >= 0.3 is 12.1 Å². The van der Waals surface area contributed by atoms with Crippen LogP contribution in [0.1, 0.15) is 82.6 Å². The van der Waals surface area contributed by atoms with Crippen LogP contribution in [0, 0.1) is 0 Å². The van der Waals surface area contributed by atoms with E-state index in [1.165, 1.54) is 42.0 Å². The summed E-state index contributed by atoms with van der Waals surface area (Å²) in [4.78, 5) is 29.4. The van der Waals surface area contributed by atoms with Crippen LogP contribution in [0.15, 0.2) is 97.1 Å². The summed E-state index contributed by atoms with van der Waals surface area (Å²) in [6, 6.07) is 34.8. The number of benzene rings is 4. The monoisotopic (exact) mass is 900 g/mol. The van der Waals surface area contributed by atoms with Crippen LogP contribution in [0.3, 0.4) is 0 Å². The van der Waals surface area contributed by atoms with Gasteiger partial charge in [-0.05, 0) is 127 Å². The molecule has 0 aliphatic carbocycles. The van der Waals surface area contributed by atoms with Crippen molar-refractivity contribution in [3.8, 4) is 11.5 Å². The number of hydrogen-bond donors (Lipinski definition) is 1. The van der Waals surface area contributed by atoms with E-state index in [4.69, 9.17) is 37.4 Å². The van der Waals surface area contributed by atoms with Gasteiger partial charge in [-0.1, -0.05) is 83.9 Å². The number of piperidine rings is 2. The lowest BCUT2D eigenvalue weighted by atomic mass is 9.97. The molecule has 0 bridgehead atoms. The fraction of sp³-hybridized carbons (Fsp3) is 0.490. The van der Waals surface area contributed by atoms with Crippen LogP contribution in [0.25, 0.3) is 0 Å². The highest BCUT2D eigenvalue weighted by atomic mass is 35.5. The highest BCUT2D eigenvalue weighted by molar-refractivity contribution is 6.30. The second-order valence-electron chi connectivity index (χ2n) is 17.8. The predicted octanol–water partition coefficient (Wildman–Crippen LogP) is 10.0. The Hall–Kier alpha value is -4.32. The summed E-state index contributed by atoms with van der Waals surface area (Å²) in [6.45, 7) is 16.2. The molecule has 2 saturated heterocycles. The molecule has 4 aromatic carbocycles. The number of carbonyl (C=O) groups is 2. The average Bonchev–Trinajstić information content (AvgIpc) is 3.57. The van der Waals surface area contributed by atoms with Crippen molar-refractivity contribution in [2.75, 3.05) is 46.0 Å². The molecule has 0 saturated carbocycles. The summed E-state index contributed by atoms with van der Waals surface area (Å²) in [7, 11) is 0. The van der Waals surface area contributed by atoms with E-state index in [9.17, 15) is 9.59 Å². The van der Waals surface area contributed by atoms with Crippen LogP contribution in [0.4, 0.5) is 4.79 Å². The number of nitrogens with one attached hydrogen (secondary N) is 1. The molecule has 4 aliphatic rings. The Bertz CT molecular complexity index is 2030. The molecular weight excluding hydrogens is 835 g/mol. The predicted molar refractivity (Wildman–Crippen MR) is 252 cm³/mol. The molecule has 2 unspecified atom stereocenters. The smallest absolute Gasteiger partial charge is 0.410 e. The molecule has 12 heteroatoms. The van der Waals surface area contributed by atoms with Crippen molar-refractivity contribution in [2.24, 2.45) is 0 Å². The maximum Gasteiger partial charge on any atom is 0.410 e. The van der Waals surface area contributed by atoms with Crippen molar-refractivity contribution >= 4 is 35.3 Å². The molecule has 0 spiro atoms. The Morgan fingerprint density at radius 3 is 1.54 bits per heavy atom. The van der Waals surface area contributed by atoms with Crippen molar-refractivity contribution in [1.82, 2.24) is 20.0 Å². The summed E-state index contributed by atoms with van der Waals surface area (Å²) in [5.41, 5.74) is 4.64. The van der Waals surface area contributed by atoms with E-state index in [-0.39, 0.29) is 18.1 Å². The zero-order chi connectivity index (χ0) is 44.8. The fourth-order valence-electron chi connectivity index (χ4n) is 8.81. The van der Waals surface area contributed by atoms with E-state index in [1.807, 2.05) is 56.0 Å². The van der Waals surface area contributed by atoms with Gasteiger partial charge in [-0.25, -0.2) is 4.79 Å². The fourth-order valence-corrected chi connectivity index (χ4v) is 9.06. The van der Waals surface area contributed by atoms with E-state index in [1.54, 1.807) is 6.92 Å². The minimum atomic E-state index is -0.469. The van der Waals surface area contributed by atoms with Gasteiger partial charge in [-0.15, -0.1) is 0 Å². The Morgan fingerprint density at radius 1 is 0.683 bits per heavy atom. The Kier molecular flexibility index (Phi) is 18.0. The molecule has 1 amide bonds. The molecule has 2 atom stereocenters. The first-order valence-electron chi connectivity index (χ1n) is 22.6. The number of carbonyl (C=O) groups excluding carboxylic acids is 2. The van der Waals surface area contributed by atoms with Crippen molar-refractivity contribution < 1.29 is 28.5 Å². The molecule has 63 heavy (non-hydrogen) atoms. The molecular formula is C51H66Cl2N4O6. The summed E-state index contributed by atoms with van der Waals surface area (Å²) in [5, 5.41) is 5.04. The number of amides is 1. The van der Waals surface area contributed by atoms with Gasteiger partial charge in [-0.3, -0.25) is 14.6 Å². The third-order valence-corrected chi connectivity index (χ3v) is 12.4. The highest BCUT2D eigenvalue weighted by Crippen LogP contribution is 2.32. The quantitative estimate of drug-likeness (QED) is 0.182. The highest BCUT2D eigenvalue weighted by Gasteiger charge is 2.35. The van der Waals surface area contributed by atoms with E-state index in [0.29, 0.717) is 44.4 Å². The number of ether oxygens (including phenoxy) is 4. The van der Waals surface area contributed by atoms with E-state index in [2.05, 4.69) is 86.6 Å².